The molecule has 0 bridgehead atoms. The van der Waals surface area contributed by atoms with Crippen LogP contribution in [0.1, 0.15) is 79.7 Å². The lowest BCUT2D eigenvalue weighted by Crippen LogP contribution is -2.49. The molecule has 2 aliphatic heterocycles. The summed E-state index contributed by atoms with van der Waals surface area (Å²) in [5.41, 5.74) is 16.1. The van der Waals surface area contributed by atoms with Crippen molar-refractivity contribution in [2.24, 2.45) is 11.3 Å². The molecule has 0 aromatic heterocycles. The predicted octanol–water partition coefficient (Wildman–Crippen LogP) is 9.95. The molecule has 6 rings (SSSR count). The van der Waals surface area contributed by atoms with E-state index in [2.05, 4.69) is 48.1 Å². The molecule has 4 aromatic carbocycles. The number of nitrogen functional groups attached to an aromatic ring is 2. The fraction of sp³-hybridized carbons (Fsp3) is 0.469. The minimum Gasteiger partial charge on any atom is -0.397 e. The lowest BCUT2D eigenvalue weighted by Gasteiger charge is -2.42. The lowest BCUT2D eigenvalue weighted by atomic mass is 9.83. The maximum atomic E-state index is 13.9. The zero-order chi connectivity index (χ0) is 47.1. The van der Waals surface area contributed by atoms with Gasteiger partial charge in [-0.05, 0) is 116 Å². The standard InChI is InChI=1S/C49H62F6N8O2/c1-33(2)29-60-24-20-39(21-25-60)62(31-48(50,51)52)37-18-14-35(15-19-37)46(65)59-43-11-7-8-36(44(43)57)28-47(3,4)30-61-26-22-40(23-27-61)63(32-49(53,54)55)38-16-12-34(13-17-38)45(64)58-42-10-6-5-9-41(42)56/h5-19,33,39-40H,20-32,56-57H2,1-4H3,(H,58,64)(H,59,65). The highest BCUT2D eigenvalue weighted by Crippen LogP contribution is 2.34. The molecule has 0 radical (unpaired) electrons. The number of halogens is 6. The first kappa shape index (κ1) is 49.0. The van der Waals surface area contributed by atoms with Crippen LogP contribution in [-0.4, -0.2) is 98.4 Å². The molecule has 0 spiro atoms. The summed E-state index contributed by atoms with van der Waals surface area (Å²) in [6.07, 6.45) is -6.03. The maximum absolute atomic E-state index is 13.9. The largest absolute Gasteiger partial charge is 0.405 e. The second kappa shape index (κ2) is 20.8. The van der Waals surface area contributed by atoms with Gasteiger partial charge < -0.3 is 41.7 Å². The molecule has 0 atom stereocenters. The van der Waals surface area contributed by atoms with Crippen molar-refractivity contribution in [2.75, 3.05) is 84.3 Å². The third kappa shape index (κ3) is 14.0. The Morgan fingerprint density at radius 3 is 1.55 bits per heavy atom. The van der Waals surface area contributed by atoms with Crippen molar-refractivity contribution in [1.82, 2.24) is 9.80 Å². The molecule has 2 saturated heterocycles. The number of piperidine rings is 2. The van der Waals surface area contributed by atoms with E-state index in [-0.39, 0.29) is 23.1 Å². The molecule has 10 nitrogen and oxygen atoms in total. The van der Waals surface area contributed by atoms with Gasteiger partial charge in [0.1, 0.15) is 13.1 Å². The average molecular weight is 909 g/mol. The number of carbonyl (C=O) groups is 2. The number of alkyl halides is 6. The molecule has 65 heavy (non-hydrogen) atoms. The SMILES string of the molecule is CC(C)CN1CCC(N(CC(F)(F)F)c2ccc(C(=O)Nc3cccc(CC(C)(C)CN4CCC(N(CC(F)(F)F)c5ccc(C(=O)Nc6ccccc6N)cc5)CC4)c3N)cc2)CC1. The second-order valence-corrected chi connectivity index (χ2v) is 18.7. The van der Waals surface area contributed by atoms with Gasteiger partial charge >= 0.3 is 12.4 Å². The summed E-state index contributed by atoms with van der Waals surface area (Å²) >= 11 is 0. The first-order valence-electron chi connectivity index (χ1n) is 22.3. The number of nitrogens with zero attached hydrogens (tertiary/aromatic N) is 4. The highest BCUT2D eigenvalue weighted by molar-refractivity contribution is 6.06. The molecule has 16 heteroatoms. The summed E-state index contributed by atoms with van der Waals surface area (Å²) in [4.78, 5) is 33.7. The lowest BCUT2D eigenvalue weighted by molar-refractivity contribution is -0.122. The van der Waals surface area contributed by atoms with Gasteiger partial charge in [0, 0.05) is 73.9 Å². The van der Waals surface area contributed by atoms with Crippen LogP contribution >= 0.6 is 0 Å². The van der Waals surface area contributed by atoms with E-state index in [1.165, 1.54) is 34.1 Å². The average Bonchev–Trinajstić information content (AvgIpc) is 3.24. The van der Waals surface area contributed by atoms with Crippen LogP contribution < -0.4 is 31.9 Å². The second-order valence-electron chi connectivity index (χ2n) is 18.7. The quantitative estimate of drug-likeness (QED) is 0.0648. The third-order valence-electron chi connectivity index (χ3n) is 12.2. The number of amides is 2. The number of benzene rings is 4. The molecule has 0 saturated carbocycles. The van der Waals surface area contributed by atoms with E-state index in [1.807, 2.05) is 6.07 Å². The number of carbonyl (C=O) groups excluding carboxylic acids is 2. The highest BCUT2D eigenvalue weighted by Gasteiger charge is 2.37. The van der Waals surface area contributed by atoms with Gasteiger partial charge in [-0.2, -0.15) is 26.3 Å². The number of nitrogens with two attached hydrogens (primary N) is 2. The summed E-state index contributed by atoms with van der Waals surface area (Å²) < 4.78 is 83.2. The molecule has 0 aliphatic carbocycles. The summed E-state index contributed by atoms with van der Waals surface area (Å²) in [5.74, 6) is -0.387. The van der Waals surface area contributed by atoms with Crippen molar-refractivity contribution in [3.63, 3.8) is 0 Å². The minimum absolute atomic E-state index is 0.272. The van der Waals surface area contributed by atoms with Crippen LogP contribution in [0.25, 0.3) is 0 Å². The van der Waals surface area contributed by atoms with E-state index >= 15 is 0 Å². The van der Waals surface area contributed by atoms with E-state index < -0.39 is 37.3 Å². The fourth-order valence-electron chi connectivity index (χ4n) is 9.23. The van der Waals surface area contributed by atoms with Crippen LogP contribution in [-0.2, 0) is 6.42 Å². The van der Waals surface area contributed by atoms with Crippen molar-refractivity contribution >= 4 is 45.9 Å². The Bertz CT molecular complexity index is 2200. The number of hydrogen-bond acceptors (Lipinski definition) is 8. The van der Waals surface area contributed by atoms with Crippen LogP contribution in [0.4, 0.5) is 60.5 Å². The molecule has 6 N–H and O–H groups in total. The van der Waals surface area contributed by atoms with E-state index in [4.69, 9.17) is 11.5 Å². The normalized spacial score (nSPS) is 16.1. The van der Waals surface area contributed by atoms with Crippen molar-refractivity contribution < 1.29 is 35.9 Å². The van der Waals surface area contributed by atoms with E-state index in [9.17, 15) is 35.9 Å². The summed E-state index contributed by atoms with van der Waals surface area (Å²) in [5, 5.41) is 5.63. The van der Waals surface area contributed by atoms with Crippen LogP contribution in [0.3, 0.4) is 0 Å². The number of likely N-dealkylation sites (tertiary alicyclic amines) is 2. The Kier molecular flexibility index (Phi) is 15.7. The van der Waals surface area contributed by atoms with E-state index in [1.54, 1.807) is 60.7 Å². The Balaban J connectivity index is 1.04. The summed E-state index contributed by atoms with van der Waals surface area (Å²) in [6.45, 7) is 10.5. The number of anilines is 6. The topological polar surface area (TPSA) is 123 Å². The van der Waals surface area contributed by atoms with Crippen molar-refractivity contribution in [3.8, 4) is 0 Å². The molecule has 2 fully saturated rings. The van der Waals surface area contributed by atoms with Crippen molar-refractivity contribution in [2.45, 2.75) is 84.2 Å². The Labute approximate surface area is 378 Å². The van der Waals surface area contributed by atoms with Crippen molar-refractivity contribution in [1.29, 1.82) is 0 Å². The van der Waals surface area contributed by atoms with Gasteiger partial charge in [0.25, 0.3) is 11.8 Å². The maximum Gasteiger partial charge on any atom is 0.405 e. The van der Waals surface area contributed by atoms with Crippen LogP contribution in [0.5, 0.6) is 0 Å². The van der Waals surface area contributed by atoms with Crippen LogP contribution in [0.15, 0.2) is 91.0 Å². The molecule has 2 aliphatic rings. The Hall–Kier alpha value is -5.48. The molecular weight excluding hydrogens is 847 g/mol. The molecule has 2 amide bonds. The molecule has 0 unspecified atom stereocenters. The van der Waals surface area contributed by atoms with Crippen LogP contribution in [0, 0.1) is 11.3 Å². The first-order chi connectivity index (χ1) is 30.6. The number of rotatable bonds is 16. The van der Waals surface area contributed by atoms with Gasteiger partial charge in [0.15, 0.2) is 0 Å². The summed E-state index contributed by atoms with van der Waals surface area (Å²) in [6, 6.07) is 23.9. The predicted molar refractivity (Wildman–Crippen MR) is 249 cm³/mol. The van der Waals surface area contributed by atoms with Crippen LogP contribution in [0.2, 0.25) is 0 Å². The van der Waals surface area contributed by atoms with E-state index in [0.717, 1.165) is 25.2 Å². The van der Waals surface area contributed by atoms with Gasteiger partial charge in [-0.3, -0.25) is 9.59 Å². The summed E-state index contributed by atoms with van der Waals surface area (Å²) in [7, 11) is 0. The Morgan fingerprint density at radius 1 is 0.646 bits per heavy atom. The number of para-hydroxylation sites is 3. The third-order valence-corrected chi connectivity index (χ3v) is 12.2. The monoisotopic (exact) mass is 908 g/mol. The van der Waals surface area contributed by atoms with Gasteiger partial charge in [-0.1, -0.05) is 52.0 Å². The zero-order valence-electron chi connectivity index (χ0n) is 37.6. The fourth-order valence-corrected chi connectivity index (χ4v) is 9.23. The minimum atomic E-state index is -4.44. The number of nitrogens with one attached hydrogen (secondary N) is 2. The smallest absolute Gasteiger partial charge is 0.397 e. The highest BCUT2D eigenvalue weighted by atomic mass is 19.4. The number of hydrogen-bond donors (Lipinski definition) is 4. The van der Waals surface area contributed by atoms with Gasteiger partial charge in [0.05, 0.1) is 22.7 Å². The molecule has 352 valence electrons. The molecule has 2 heterocycles. The van der Waals surface area contributed by atoms with Gasteiger partial charge in [-0.15, -0.1) is 0 Å². The molecule has 4 aromatic rings. The van der Waals surface area contributed by atoms with Gasteiger partial charge in [-0.25, -0.2) is 0 Å². The van der Waals surface area contributed by atoms with Crippen molar-refractivity contribution in [3.05, 3.63) is 108 Å². The van der Waals surface area contributed by atoms with E-state index in [0.29, 0.717) is 97.3 Å². The Morgan fingerprint density at radius 2 is 1.09 bits per heavy atom. The zero-order valence-corrected chi connectivity index (χ0v) is 37.6. The first-order valence-corrected chi connectivity index (χ1v) is 22.3. The van der Waals surface area contributed by atoms with Gasteiger partial charge in [0.2, 0.25) is 0 Å². The molecular formula is C49H62F6N8O2.